The second-order valence-electron chi connectivity index (χ2n) is 5.78. The lowest BCUT2D eigenvalue weighted by molar-refractivity contribution is -0.0691. The quantitative estimate of drug-likeness (QED) is 0.939. The Morgan fingerprint density at radius 2 is 2.09 bits per heavy atom. The molecule has 2 aromatic rings. The van der Waals surface area contributed by atoms with E-state index in [0.29, 0.717) is 18.7 Å². The number of aryl methyl sites for hydroxylation is 1. The van der Waals surface area contributed by atoms with Gasteiger partial charge in [0.1, 0.15) is 11.1 Å². The maximum Gasteiger partial charge on any atom is 0.258 e. The van der Waals surface area contributed by atoms with Crippen LogP contribution in [0.4, 0.5) is 5.00 Å². The highest BCUT2D eigenvalue weighted by Crippen LogP contribution is 2.30. The molecule has 0 saturated carbocycles. The molecule has 2 heterocycles. The van der Waals surface area contributed by atoms with Gasteiger partial charge in [-0.15, -0.1) is 0 Å². The first kappa shape index (κ1) is 16.0. The molecule has 1 aromatic carbocycles. The molecular formula is C17H21N3O2S. The third kappa shape index (κ3) is 3.23. The Morgan fingerprint density at radius 3 is 2.78 bits per heavy atom. The second-order valence-corrected chi connectivity index (χ2v) is 6.55. The number of hydrogen-bond acceptors (Lipinski definition) is 5. The zero-order valence-corrected chi connectivity index (χ0v) is 14.4. The van der Waals surface area contributed by atoms with Crippen molar-refractivity contribution < 1.29 is 9.53 Å². The third-order valence-electron chi connectivity index (χ3n) is 4.02. The number of aromatic nitrogens is 1. The standard InChI is InChI=1S/C17H21N3O2S/c1-11-9-20(10-14(22-11)13-7-5-4-6-8-13)17(21)15-12(2)19-23-16(15)18-3/h4-8,11,14,18H,9-10H2,1-3H3/t11-,14-/m1/s1. The van der Waals surface area contributed by atoms with Gasteiger partial charge >= 0.3 is 0 Å². The molecule has 5 nitrogen and oxygen atoms in total. The Morgan fingerprint density at radius 1 is 1.35 bits per heavy atom. The summed E-state index contributed by atoms with van der Waals surface area (Å²) >= 11 is 1.33. The molecule has 1 aliphatic rings. The average molecular weight is 331 g/mol. The second kappa shape index (κ2) is 6.68. The summed E-state index contributed by atoms with van der Waals surface area (Å²) < 4.78 is 10.3. The van der Waals surface area contributed by atoms with Crippen LogP contribution in [0.25, 0.3) is 0 Å². The molecule has 0 aliphatic carbocycles. The van der Waals surface area contributed by atoms with Crippen LogP contribution >= 0.6 is 11.5 Å². The summed E-state index contributed by atoms with van der Waals surface area (Å²) in [4.78, 5) is 14.9. The van der Waals surface area contributed by atoms with Crippen LogP contribution in [0.1, 0.15) is 34.6 Å². The van der Waals surface area contributed by atoms with Crippen LogP contribution in [0.3, 0.4) is 0 Å². The van der Waals surface area contributed by atoms with E-state index in [2.05, 4.69) is 9.69 Å². The predicted molar refractivity (Wildman–Crippen MR) is 92.0 cm³/mol. The lowest BCUT2D eigenvalue weighted by atomic mass is 10.1. The van der Waals surface area contributed by atoms with Crippen molar-refractivity contribution in [3.05, 3.63) is 47.2 Å². The molecule has 1 saturated heterocycles. The molecule has 1 amide bonds. The molecule has 0 spiro atoms. The monoisotopic (exact) mass is 331 g/mol. The molecular weight excluding hydrogens is 310 g/mol. The zero-order chi connectivity index (χ0) is 16.4. The highest BCUT2D eigenvalue weighted by molar-refractivity contribution is 7.10. The van der Waals surface area contributed by atoms with E-state index < -0.39 is 0 Å². The van der Waals surface area contributed by atoms with Gasteiger partial charge in [-0.2, -0.15) is 4.37 Å². The molecule has 0 unspecified atom stereocenters. The van der Waals surface area contributed by atoms with Crippen molar-refractivity contribution in [3.8, 4) is 0 Å². The van der Waals surface area contributed by atoms with Crippen molar-refractivity contribution in [2.24, 2.45) is 0 Å². The van der Waals surface area contributed by atoms with Gasteiger partial charge in [-0.3, -0.25) is 4.79 Å². The molecule has 1 aliphatic heterocycles. The van der Waals surface area contributed by atoms with Crippen LogP contribution < -0.4 is 5.32 Å². The number of carbonyl (C=O) groups excluding carboxylic acids is 1. The fourth-order valence-electron chi connectivity index (χ4n) is 2.92. The number of benzene rings is 1. The summed E-state index contributed by atoms with van der Waals surface area (Å²) in [5.41, 5.74) is 2.56. The van der Waals surface area contributed by atoms with Crippen molar-refractivity contribution in [2.45, 2.75) is 26.1 Å². The number of hydrogen-bond donors (Lipinski definition) is 1. The first-order valence-electron chi connectivity index (χ1n) is 7.74. The van der Waals surface area contributed by atoms with E-state index in [1.807, 2.05) is 56.1 Å². The van der Waals surface area contributed by atoms with Gasteiger partial charge in [0.2, 0.25) is 0 Å². The first-order valence-corrected chi connectivity index (χ1v) is 8.51. The largest absolute Gasteiger partial charge is 0.378 e. The lowest BCUT2D eigenvalue weighted by Gasteiger charge is -2.37. The maximum absolute atomic E-state index is 13.0. The molecule has 0 radical (unpaired) electrons. The van der Waals surface area contributed by atoms with E-state index in [0.717, 1.165) is 16.3 Å². The van der Waals surface area contributed by atoms with E-state index in [1.54, 1.807) is 0 Å². The topological polar surface area (TPSA) is 54.5 Å². The minimum absolute atomic E-state index is 0.00263. The number of nitrogens with zero attached hydrogens (tertiary/aromatic N) is 2. The minimum Gasteiger partial charge on any atom is -0.378 e. The number of amides is 1. The van der Waals surface area contributed by atoms with Gasteiger partial charge < -0.3 is 15.0 Å². The van der Waals surface area contributed by atoms with Gasteiger partial charge in [-0.05, 0) is 30.9 Å². The Labute approximate surface area is 140 Å². The van der Waals surface area contributed by atoms with Gasteiger partial charge in [0.15, 0.2) is 0 Å². The average Bonchev–Trinajstić information content (AvgIpc) is 2.95. The molecule has 2 atom stereocenters. The number of ether oxygens (including phenoxy) is 1. The SMILES string of the molecule is CNc1snc(C)c1C(=O)N1C[C@@H](C)O[C@@H](c2ccccc2)C1. The van der Waals surface area contributed by atoms with E-state index in [1.165, 1.54) is 11.5 Å². The van der Waals surface area contributed by atoms with Crippen LogP contribution in [-0.4, -0.2) is 41.4 Å². The Kier molecular flexibility index (Phi) is 4.63. The van der Waals surface area contributed by atoms with Crippen LogP contribution in [-0.2, 0) is 4.74 Å². The molecule has 0 bridgehead atoms. The van der Waals surface area contributed by atoms with Crippen LogP contribution in [0, 0.1) is 6.92 Å². The number of rotatable bonds is 3. The van der Waals surface area contributed by atoms with Crippen LogP contribution in [0.2, 0.25) is 0 Å². The summed E-state index contributed by atoms with van der Waals surface area (Å²) in [5.74, 6) is 0.0247. The van der Waals surface area contributed by atoms with Gasteiger partial charge in [0, 0.05) is 13.6 Å². The highest BCUT2D eigenvalue weighted by Gasteiger charge is 2.32. The molecule has 23 heavy (non-hydrogen) atoms. The van der Waals surface area contributed by atoms with Crippen LogP contribution in [0.15, 0.2) is 30.3 Å². The van der Waals surface area contributed by atoms with Gasteiger partial charge in [0.05, 0.1) is 23.9 Å². The van der Waals surface area contributed by atoms with E-state index in [-0.39, 0.29) is 18.1 Å². The van der Waals surface area contributed by atoms with E-state index in [9.17, 15) is 4.79 Å². The van der Waals surface area contributed by atoms with Crippen molar-refractivity contribution in [2.75, 3.05) is 25.5 Å². The normalized spacial score (nSPS) is 21.3. The summed E-state index contributed by atoms with van der Waals surface area (Å²) in [6, 6.07) is 10.1. The van der Waals surface area contributed by atoms with Crippen molar-refractivity contribution in [1.29, 1.82) is 0 Å². The van der Waals surface area contributed by atoms with E-state index in [4.69, 9.17) is 4.74 Å². The fourth-order valence-corrected chi connectivity index (χ4v) is 3.66. The highest BCUT2D eigenvalue weighted by atomic mass is 32.1. The number of morpholine rings is 1. The summed E-state index contributed by atoms with van der Waals surface area (Å²) in [5, 5.41) is 3.89. The molecule has 1 fully saturated rings. The van der Waals surface area contributed by atoms with Gasteiger partial charge in [-0.1, -0.05) is 30.3 Å². The molecule has 122 valence electrons. The molecule has 1 aromatic heterocycles. The van der Waals surface area contributed by atoms with Crippen LogP contribution in [0.5, 0.6) is 0 Å². The van der Waals surface area contributed by atoms with Crippen molar-refractivity contribution in [1.82, 2.24) is 9.27 Å². The van der Waals surface area contributed by atoms with Gasteiger partial charge in [-0.25, -0.2) is 0 Å². The third-order valence-corrected chi connectivity index (χ3v) is 4.98. The molecule has 3 rings (SSSR count). The lowest BCUT2D eigenvalue weighted by Crippen LogP contribution is -2.46. The number of nitrogens with one attached hydrogen (secondary N) is 1. The first-order chi connectivity index (χ1) is 11.1. The molecule has 6 heteroatoms. The summed E-state index contributed by atoms with van der Waals surface area (Å²) in [7, 11) is 1.82. The Balaban J connectivity index is 1.84. The Hall–Kier alpha value is -1.92. The summed E-state index contributed by atoms with van der Waals surface area (Å²) in [6.07, 6.45) is -0.0864. The number of carbonyl (C=O) groups is 1. The smallest absolute Gasteiger partial charge is 0.258 e. The Bertz CT molecular complexity index is 686. The van der Waals surface area contributed by atoms with Crippen molar-refractivity contribution in [3.63, 3.8) is 0 Å². The summed E-state index contributed by atoms with van der Waals surface area (Å²) in [6.45, 7) is 5.04. The zero-order valence-electron chi connectivity index (χ0n) is 13.6. The van der Waals surface area contributed by atoms with E-state index >= 15 is 0 Å². The molecule has 1 N–H and O–H groups in total. The maximum atomic E-state index is 13.0. The van der Waals surface area contributed by atoms with Crippen molar-refractivity contribution >= 4 is 22.4 Å². The minimum atomic E-state index is -0.0890. The predicted octanol–water partition coefficient (Wildman–Crippen LogP) is 3.10. The number of anilines is 1. The fraction of sp³-hybridized carbons (Fsp3) is 0.412. The van der Waals surface area contributed by atoms with Gasteiger partial charge in [0.25, 0.3) is 5.91 Å².